The first-order chi connectivity index (χ1) is 8.22. The second kappa shape index (κ2) is 5.44. The number of rotatable bonds is 3. The van der Waals surface area contributed by atoms with Crippen molar-refractivity contribution in [2.45, 2.75) is 6.04 Å². The molecular weight excluding hydrogens is 223 g/mol. The molecule has 1 aliphatic heterocycles. The predicted molar refractivity (Wildman–Crippen MR) is 62.3 cm³/mol. The van der Waals surface area contributed by atoms with Crippen LogP contribution >= 0.6 is 0 Å². The van der Waals surface area contributed by atoms with Gasteiger partial charge in [-0.25, -0.2) is 4.39 Å². The maximum atomic E-state index is 13.3. The molecule has 0 bridgehead atoms. The zero-order valence-corrected chi connectivity index (χ0v) is 9.56. The van der Waals surface area contributed by atoms with Crippen LogP contribution in [0.5, 0.6) is 5.75 Å². The number of nitrogens with zero attached hydrogens (tertiary/aromatic N) is 1. The van der Waals surface area contributed by atoms with E-state index in [0.717, 1.165) is 26.2 Å². The van der Waals surface area contributed by atoms with Crippen LogP contribution in [0.3, 0.4) is 0 Å². The van der Waals surface area contributed by atoms with Crippen LogP contribution in [0.4, 0.5) is 4.39 Å². The van der Waals surface area contributed by atoms with Crippen molar-refractivity contribution in [1.82, 2.24) is 10.2 Å². The third-order valence-corrected chi connectivity index (χ3v) is 3.12. The number of hydrogen-bond acceptors (Lipinski definition) is 4. The Morgan fingerprint density at radius 2 is 2.06 bits per heavy atom. The number of halogens is 1. The van der Waals surface area contributed by atoms with E-state index in [4.69, 9.17) is 5.11 Å². The standard InChI is InChI=1S/C12H17FN2O2/c13-10-7-9(1-2-12(10)17)11(8-16)15-5-3-14-4-6-15/h1-2,7,11,14,16-17H,3-6,8H2. The predicted octanol–water partition coefficient (Wildman–Crippen LogP) is 0.470. The molecule has 1 aliphatic rings. The molecule has 0 aliphatic carbocycles. The van der Waals surface area contributed by atoms with Crippen molar-refractivity contribution in [3.05, 3.63) is 29.6 Å². The van der Waals surface area contributed by atoms with E-state index in [0.29, 0.717) is 5.56 Å². The molecule has 4 nitrogen and oxygen atoms in total. The quantitative estimate of drug-likeness (QED) is 0.719. The average Bonchev–Trinajstić information content (AvgIpc) is 2.36. The van der Waals surface area contributed by atoms with Crippen molar-refractivity contribution in [1.29, 1.82) is 0 Å². The van der Waals surface area contributed by atoms with E-state index in [1.54, 1.807) is 6.07 Å². The van der Waals surface area contributed by atoms with E-state index in [9.17, 15) is 9.50 Å². The molecule has 1 heterocycles. The van der Waals surface area contributed by atoms with Gasteiger partial charge in [-0.2, -0.15) is 0 Å². The van der Waals surface area contributed by atoms with Crippen LogP contribution in [0.1, 0.15) is 11.6 Å². The highest BCUT2D eigenvalue weighted by molar-refractivity contribution is 5.30. The fraction of sp³-hybridized carbons (Fsp3) is 0.500. The molecule has 94 valence electrons. The lowest BCUT2D eigenvalue weighted by molar-refractivity contribution is 0.110. The number of benzene rings is 1. The van der Waals surface area contributed by atoms with E-state index in [2.05, 4.69) is 10.2 Å². The highest BCUT2D eigenvalue weighted by Gasteiger charge is 2.22. The molecule has 0 spiro atoms. The number of phenols is 1. The summed E-state index contributed by atoms with van der Waals surface area (Å²) < 4.78 is 13.3. The molecular formula is C12H17FN2O2. The van der Waals surface area contributed by atoms with Gasteiger partial charge in [-0.3, -0.25) is 4.90 Å². The Labute approximate surface area is 99.7 Å². The number of piperazine rings is 1. The summed E-state index contributed by atoms with van der Waals surface area (Å²) in [5.41, 5.74) is 0.699. The maximum Gasteiger partial charge on any atom is 0.165 e. The maximum absolute atomic E-state index is 13.3. The van der Waals surface area contributed by atoms with Crippen molar-refractivity contribution in [3.8, 4) is 5.75 Å². The van der Waals surface area contributed by atoms with Crippen LogP contribution in [0.25, 0.3) is 0 Å². The molecule has 1 saturated heterocycles. The van der Waals surface area contributed by atoms with Crippen molar-refractivity contribution in [2.24, 2.45) is 0 Å². The summed E-state index contributed by atoms with van der Waals surface area (Å²) in [7, 11) is 0. The highest BCUT2D eigenvalue weighted by Crippen LogP contribution is 2.25. The van der Waals surface area contributed by atoms with Gasteiger partial charge in [-0.15, -0.1) is 0 Å². The van der Waals surface area contributed by atoms with Crippen molar-refractivity contribution >= 4 is 0 Å². The Morgan fingerprint density at radius 3 is 2.65 bits per heavy atom. The number of nitrogens with one attached hydrogen (secondary N) is 1. The molecule has 1 fully saturated rings. The fourth-order valence-corrected chi connectivity index (χ4v) is 2.16. The lowest BCUT2D eigenvalue weighted by Gasteiger charge is -2.34. The average molecular weight is 240 g/mol. The van der Waals surface area contributed by atoms with Gasteiger partial charge in [-0.05, 0) is 17.7 Å². The highest BCUT2D eigenvalue weighted by atomic mass is 19.1. The molecule has 0 saturated carbocycles. The Hall–Kier alpha value is -1.17. The summed E-state index contributed by atoms with van der Waals surface area (Å²) in [5.74, 6) is -0.998. The second-order valence-corrected chi connectivity index (χ2v) is 4.20. The lowest BCUT2D eigenvalue weighted by atomic mass is 10.0. The topological polar surface area (TPSA) is 55.7 Å². The second-order valence-electron chi connectivity index (χ2n) is 4.20. The SMILES string of the molecule is OCC(c1ccc(O)c(F)c1)N1CCNCC1. The Balaban J connectivity index is 2.18. The molecule has 1 aromatic rings. The zero-order valence-electron chi connectivity index (χ0n) is 9.56. The minimum absolute atomic E-state index is 0.0514. The van der Waals surface area contributed by atoms with Crippen LogP contribution in [0.2, 0.25) is 0 Å². The van der Waals surface area contributed by atoms with Gasteiger partial charge in [0.05, 0.1) is 12.6 Å². The smallest absolute Gasteiger partial charge is 0.165 e. The van der Waals surface area contributed by atoms with Gasteiger partial charge in [0.2, 0.25) is 0 Å². The van der Waals surface area contributed by atoms with Crippen molar-refractivity contribution in [3.63, 3.8) is 0 Å². The van der Waals surface area contributed by atoms with Crippen molar-refractivity contribution in [2.75, 3.05) is 32.8 Å². The molecule has 0 amide bonds. The number of aliphatic hydroxyl groups is 1. The zero-order chi connectivity index (χ0) is 12.3. The van der Waals surface area contributed by atoms with E-state index in [1.165, 1.54) is 12.1 Å². The van der Waals surface area contributed by atoms with Crippen LogP contribution in [-0.2, 0) is 0 Å². The largest absolute Gasteiger partial charge is 0.505 e. The van der Waals surface area contributed by atoms with E-state index >= 15 is 0 Å². The lowest BCUT2D eigenvalue weighted by Crippen LogP contribution is -2.46. The van der Waals surface area contributed by atoms with Crippen LogP contribution < -0.4 is 5.32 Å². The first-order valence-corrected chi connectivity index (χ1v) is 5.76. The first kappa shape index (κ1) is 12.3. The molecule has 1 atom stereocenters. The van der Waals surface area contributed by atoms with Crippen molar-refractivity contribution < 1.29 is 14.6 Å². The van der Waals surface area contributed by atoms with Crippen LogP contribution in [-0.4, -0.2) is 47.9 Å². The summed E-state index contributed by atoms with van der Waals surface area (Å²) in [4.78, 5) is 2.11. The van der Waals surface area contributed by atoms with E-state index in [-0.39, 0.29) is 18.4 Å². The van der Waals surface area contributed by atoms with E-state index in [1.807, 2.05) is 0 Å². The van der Waals surface area contributed by atoms with Gasteiger partial charge in [0, 0.05) is 26.2 Å². The third-order valence-electron chi connectivity index (χ3n) is 3.12. The molecule has 3 N–H and O–H groups in total. The number of hydrogen-bond donors (Lipinski definition) is 3. The molecule has 0 radical (unpaired) electrons. The van der Waals surface area contributed by atoms with Crippen LogP contribution in [0, 0.1) is 5.82 Å². The number of aromatic hydroxyl groups is 1. The number of aliphatic hydroxyl groups excluding tert-OH is 1. The van der Waals surface area contributed by atoms with Gasteiger partial charge in [0.15, 0.2) is 11.6 Å². The Morgan fingerprint density at radius 1 is 1.35 bits per heavy atom. The molecule has 17 heavy (non-hydrogen) atoms. The summed E-state index contributed by atoms with van der Waals surface area (Å²) in [6.45, 7) is 3.35. The molecule has 1 unspecified atom stereocenters. The molecule has 2 rings (SSSR count). The van der Waals surface area contributed by atoms with Crippen LogP contribution in [0.15, 0.2) is 18.2 Å². The molecule has 0 aromatic heterocycles. The van der Waals surface area contributed by atoms with Gasteiger partial charge in [0.25, 0.3) is 0 Å². The summed E-state index contributed by atoms with van der Waals surface area (Å²) >= 11 is 0. The summed E-state index contributed by atoms with van der Waals surface area (Å²) in [6.07, 6.45) is 0. The molecule has 5 heteroatoms. The minimum atomic E-state index is -0.643. The fourth-order valence-electron chi connectivity index (χ4n) is 2.16. The Kier molecular flexibility index (Phi) is 3.93. The summed E-state index contributed by atoms with van der Waals surface area (Å²) in [6, 6.07) is 4.07. The van der Waals surface area contributed by atoms with E-state index < -0.39 is 5.82 Å². The third kappa shape index (κ3) is 2.74. The first-order valence-electron chi connectivity index (χ1n) is 5.76. The number of phenolic OH excluding ortho intramolecular Hbond substituents is 1. The summed E-state index contributed by atoms with van der Waals surface area (Å²) in [5, 5.41) is 21.8. The Bertz CT molecular complexity index is 381. The molecule has 1 aromatic carbocycles. The normalized spacial score (nSPS) is 19.2. The van der Waals surface area contributed by atoms with Gasteiger partial charge >= 0.3 is 0 Å². The van der Waals surface area contributed by atoms with Gasteiger partial charge in [-0.1, -0.05) is 6.07 Å². The van der Waals surface area contributed by atoms with Gasteiger partial charge in [0.1, 0.15) is 0 Å². The minimum Gasteiger partial charge on any atom is -0.505 e. The monoisotopic (exact) mass is 240 g/mol. The van der Waals surface area contributed by atoms with Gasteiger partial charge < -0.3 is 15.5 Å².